The van der Waals surface area contributed by atoms with E-state index < -0.39 is 21.9 Å². The van der Waals surface area contributed by atoms with Crippen LogP contribution in [0.4, 0.5) is 0 Å². The second kappa shape index (κ2) is 7.21. The van der Waals surface area contributed by atoms with Gasteiger partial charge in [0.2, 0.25) is 10.0 Å². The molecule has 0 aliphatic rings. The van der Waals surface area contributed by atoms with Crippen LogP contribution in [0.25, 0.3) is 6.08 Å². The molecular weight excluding hydrogens is 278 g/mol. The number of aliphatic carboxylic acids is 1. The third kappa shape index (κ3) is 5.54. The summed E-state index contributed by atoms with van der Waals surface area (Å²) in [5.41, 5.74) is 0.761. The van der Waals surface area contributed by atoms with Gasteiger partial charge in [-0.05, 0) is 17.6 Å². The fraction of sp³-hybridized carbons (Fsp3) is 0.357. The zero-order valence-corrected chi connectivity index (χ0v) is 12.3. The fourth-order valence-corrected chi connectivity index (χ4v) is 2.44. The van der Waals surface area contributed by atoms with Crippen LogP contribution in [-0.4, -0.2) is 26.0 Å². The summed E-state index contributed by atoms with van der Waals surface area (Å²) < 4.78 is 25.8. The SMILES string of the molecule is CC(C)C(CNS(=O)(=O)C=Cc1ccccc1)C(=O)O. The highest BCUT2D eigenvalue weighted by Gasteiger charge is 2.22. The number of nitrogens with one attached hydrogen (secondary N) is 1. The summed E-state index contributed by atoms with van der Waals surface area (Å²) >= 11 is 0. The van der Waals surface area contributed by atoms with Gasteiger partial charge in [-0.3, -0.25) is 4.79 Å². The van der Waals surface area contributed by atoms with Crippen LogP contribution in [0.15, 0.2) is 35.7 Å². The highest BCUT2D eigenvalue weighted by atomic mass is 32.2. The summed E-state index contributed by atoms with van der Waals surface area (Å²) in [4.78, 5) is 11.0. The third-order valence-corrected chi connectivity index (χ3v) is 3.93. The molecule has 0 radical (unpaired) electrons. The number of carboxylic acid groups (broad SMARTS) is 1. The summed E-state index contributed by atoms with van der Waals surface area (Å²) in [6.45, 7) is 3.37. The van der Waals surface area contributed by atoms with Crippen molar-refractivity contribution >= 4 is 22.1 Å². The van der Waals surface area contributed by atoms with E-state index in [4.69, 9.17) is 5.11 Å². The van der Waals surface area contributed by atoms with Gasteiger partial charge in [-0.15, -0.1) is 0 Å². The molecule has 0 saturated heterocycles. The van der Waals surface area contributed by atoms with Crippen molar-refractivity contribution in [3.8, 4) is 0 Å². The van der Waals surface area contributed by atoms with Crippen molar-refractivity contribution in [2.45, 2.75) is 13.8 Å². The molecule has 0 aliphatic heterocycles. The van der Waals surface area contributed by atoms with E-state index in [9.17, 15) is 13.2 Å². The average molecular weight is 297 g/mol. The number of hydrogen-bond donors (Lipinski definition) is 2. The molecule has 1 rings (SSSR count). The Morgan fingerprint density at radius 3 is 2.40 bits per heavy atom. The summed E-state index contributed by atoms with van der Waals surface area (Å²) in [5, 5.41) is 10.0. The van der Waals surface area contributed by atoms with E-state index in [1.54, 1.807) is 38.1 Å². The van der Waals surface area contributed by atoms with Gasteiger partial charge in [0.1, 0.15) is 0 Å². The van der Waals surface area contributed by atoms with Crippen molar-refractivity contribution in [3.63, 3.8) is 0 Å². The van der Waals surface area contributed by atoms with E-state index in [1.165, 1.54) is 6.08 Å². The number of carbonyl (C=O) groups is 1. The van der Waals surface area contributed by atoms with Gasteiger partial charge in [0, 0.05) is 12.0 Å². The Balaban J connectivity index is 2.66. The zero-order valence-electron chi connectivity index (χ0n) is 11.5. The van der Waals surface area contributed by atoms with E-state index >= 15 is 0 Å². The minimum absolute atomic E-state index is 0.117. The molecule has 1 unspecified atom stereocenters. The predicted octanol–water partition coefficient (Wildman–Crippen LogP) is 1.93. The monoisotopic (exact) mass is 297 g/mol. The molecule has 110 valence electrons. The lowest BCUT2D eigenvalue weighted by Gasteiger charge is -2.15. The van der Waals surface area contributed by atoms with Gasteiger partial charge in [-0.25, -0.2) is 13.1 Å². The molecule has 1 aromatic carbocycles. The zero-order chi connectivity index (χ0) is 15.2. The first-order valence-electron chi connectivity index (χ1n) is 6.27. The van der Waals surface area contributed by atoms with Crippen LogP contribution in [-0.2, 0) is 14.8 Å². The molecule has 5 nitrogen and oxygen atoms in total. The molecule has 0 aliphatic carbocycles. The average Bonchev–Trinajstić information content (AvgIpc) is 2.37. The van der Waals surface area contributed by atoms with E-state index in [-0.39, 0.29) is 12.5 Å². The third-order valence-electron chi connectivity index (χ3n) is 2.87. The summed E-state index contributed by atoms with van der Waals surface area (Å²) in [6.07, 6.45) is 1.47. The largest absolute Gasteiger partial charge is 0.481 e. The van der Waals surface area contributed by atoms with E-state index in [2.05, 4.69) is 4.72 Å². The fourth-order valence-electron chi connectivity index (χ4n) is 1.59. The van der Waals surface area contributed by atoms with E-state index in [0.717, 1.165) is 11.0 Å². The molecule has 0 heterocycles. The number of benzene rings is 1. The number of carboxylic acids is 1. The minimum atomic E-state index is -3.64. The van der Waals surface area contributed by atoms with Crippen LogP contribution in [0, 0.1) is 11.8 Å². The molecule has 0 bridgehead atoms. The normalized spacial score (nSPS) is 13.8. The smallest absolute Gasteiger partial charge is 0.308 e. The molecule has 0 saturated carbocycles. The molecule has 1 aromatic rings. The van der Waals surface area contributed by atoms with Crippen LogP contribution in [0.1, 0.15) is 19.4 Å². The highest BCUT2D eigenvalue weighted by Crippen LogP contribution is 2.10. The maximum absolute atomic E-state index is 11.8. The van der Waals surface area contributed by atoms with E-state index in [0.29, 0.717) is 0 Å². The Labute approximate surface area is 119 Å². The highest BCUT2D eigenvalue weighted by molar-refractivity contribution is 7.92. The molecule has 0 aromatic heterocycles. The van der Waals surface area contributed by atoms with Crippen molar-refractivity contribution in [2.24, 2.45) is 11.8 Å². The lowest BCUT2D eigenvalue weighted by atomic mass is 9.97. The van der Waals surface area contributed by atoms with Crippen LogP contribution in [0.3, 0.4) is 0 Å². The second-order valence-electron chi connectivity index (χ2n) is 4.80. The van der Waals surface area contributed by atoms with Crippen LogP contribution in [0.5, 0.6) is 0 Å². The lowest BCUT2D eigenvalue weighted by Crippen LogP contribution is -2.34. The number of hydrogen-bond acceptors (Lipinski definition) is 3. The number of rotatable bonds is 7. The van der Waals surface area contributed by atoms with Gasteiger partial charge in [0.25, 0.3) is 0 Å². The van der Waals surface area contributed by atoms with Gasteiger partial charge in [0.15, 0.2) is 0 Å². The molecule has 0 fully saturated rings. The Hall–Kier alpha value is -1.66. The van der Waals surface area contributed by atoms with Gasteiger partial charge < -0.3 is 5.11 Å². The van der Waals surface area contributed by atoms with Crippen molar-refractivity contribution < 1.29 is 18.3 Å². The molecule has 0 amide bonds. The van der Waals surface area contributed by atoms with Gasteiger partial charge in [-0.2, -0.15) is 0 Å². The Morgan fingerprint density at radius 2 is 1.90 bits per heavy atom. The molecule has 2 N–H and O–H groups in total. The topological polar surface area (TPSA) is 83.5 Å². The summed E-state index contributed by atoms with van der Waals surface area (Å²) in [6, 6.07) is 9.00. The molecule has 20 heavy (non-hydrogen) atoms. The maximum Gasteiger partial charge on any atom is 0.308 e. The quantitative estimate of drug-likeness (QED) is 0.805. The molecular formula is C14H19NO4S. The molecule has 0 spiro atoms. The van der Waals surface area contributed by atoms with Gasteiger partial charge in [0.05, 0.1) is 5.92 Å². The number of sulfonamides is 1. The Morgan fingerprint density at radius 1 is 1.30 bits per heavy atom. The van der Waals surface area contributed by atoms with Crippen LogP contribution in [0.2, 0.25) is 0 Å². The van der Waals surface area contributed by atoms with Gasteiger partial charge >= 0.3 is 5.97 Å². The first-order chi connectivity index (χ1) is 9.32. The van der Waals surface area contributed by atoms with Crippen LogP contribution >= 0.6 is 0 Å². The van der Waals surface area contributed by atoms with Gasteiger partial charge in [-0.1, -0.05) is 44.2 Å². The lowest BCUT2D eigenvalue weighted by molar-refractivity contribution is -0.142. The van der Waals surface area contributed by atoms with Crippen molar-refractivity contribution in [1.82, 2.24) is 4.72 Å². The predicted molar refractivity (Wildman–Crippen MR) is 78.4 cm³/mol. The first-order valence-corrected chi connectivity index (χ1v) is 7.82. The molecule has 6 heteroatoms. The summed E-state index contributed by atoms with van der Waals surface area (Å²) in [5.74, 6) is -1.89. The standard InChI is InChI=1S/C14H19NO4S/c1-11(2)13(14(16)17)10-15-20(18,19)9-8-12-6-4-3-5-7-12/h3-9,11,13,15H,10H2,1-2H3,(H,16,17). The Kier molecular flexibility index (Phi) is 5.91. The first kappa shape index (κ1) is 16.4. The Bertz CT molecular complexity index is 564. The van der Waals surface area contributed by atoms with Crippen molar-refractivity contribution in [2.75, 3.05) is 6.54 Å². The van der Waals surface area contributed by atoms with Crippen molar-refractivity contribution in [1.29, 1.82) is 0 Å². The van der Waals surface area contributed by atoms with Crippen molar-refractivity contribution in [3.05, 3.63) is 41.3 Å². The maximum atomic E-state index is 11.8. The van der Waals surface area contributed by atoms with Crippen LogP contribution < -0.4 is 4.72 Å². The molecule has 1 atom stereocenters. The second-order valence-corrected chi connectivity index (χ2v) is 6.45. The summed E-state index contributed by atoms with van der Waals surface area (Å²) in [7, 11) is -3.64. The minimum Gasteiger partial charge on any atom is -0.481 e. The van der Waals surface area contributed by atoms with E-state index in [1.807, 2.05) is 6.07 Å².